The lowest BCUT2D eigenvalue weighted by Gasteiger charge is -2.15. The number of halogens is 1. The van der Waals surface area contributed by atoms with Crippen LogP contribution in [0.25, 0.3) is 0 Å². The SMILES string of the molecule is Cc1ccc(C)c(C(=O)C(C)n2nc(C)c(Cl)c2C)c1. The number of nitrogens with zero attached hydrogens (tertiary/aromatic N) is 2. The maximum absolute atomic E-state index is 12.7. The Hall–Kier alpha value is -1.61. The van der Waals surface area contributed by atoms with E-state index in [1.807, 2.05) is 52.8 Å². The summed E-state index contributed by atoms with van der Waals surface area (Å²) in [5, 5.41) is 5.00. The quantitative estimate of drug-likeness (QED) is 0.794. The highest BCUT2D eigenvalue weighted by Crippen LogP contribution is 2.25. The zero-order chi connectivity index (χ0) is 15.0. The van der Waals surface area contributed by atoms with Crippen molar-refractivity contribution in [1.82, 2.24) is 9.78 Å². The van der Waals surface area contributed by atoms with E-state index >= 15 is 0 Å². The van der Waals surface area contributed by atoms with Crippen molar-refractivity contribution in [2.24, 2.45) is 0 Å². The molecule has 0 aliphatic rings. The van der Waals surface area contributed by atoms with Gasteiger partial charge in [-0.3, -0.25) is 9.48 Å². The molecule has 106 valence electrons. The summed E-state index contributed by atoms with van der Waals surface area (Å²) in [7, 11) is 0. The minimum Gasteiger partial charge on any atom is -0.292 e. The van der Waals surface area contributed by atoms with Crippen LogP contribution in [0.2, 0.25) is 5.02 Å². The third-order valence-corrected chi connectivity index (χ3v) is 4.19. The number of aromatic nitrogens is 2. The zero-order valence-electron chi connectivity index (χ0n) is 12.5. The molecular formula is C16H19ClN2O. The van der Waals surface area contributed by atoms with E-state index in [1.54, 1.807) is 4.68 Å². The van der Waals surface area contributed by atoms with Gasteiger partial charge in [0.15, 0.2) is 5.78 Å². The predicted octanol–water partition coefficient (Wildman–Crippen LogP) is 4.21. The molecule has 0 radical (unpaired) electrons. The number of hydrogen-bond donors (Lipinski definition) is 0. The molecule has 1 aromatic carbocycles. The second kappa shape index (κ2) is 5.41. The van der Waals surface area contributed by atoms with E-state index in [0.29, 0.717) is 5.02 Å². The normalized spacial score (nSPS) is 12.5. The lowest BCUT2D eigenvalue weighted by Crippen LogP contribution is -2.20. The van der Waals surface area contributed by atoms with Gasteiger partial charge in [-0.1, -0.05) is 29.3 Å². The Morgan fingerprint density at radius 3 is 2.45 bits per heavy atom. The highest BCUT2D eigenvalue weighted by molar-refractivity contribution is 6.31. The smallest absolute Gasteiger partial charge is 0.187 e. The van der Waals surface area contributed by atoms with Gasteiger partial charge in [0.1, 0.15) is 6.04 Å². The number of rotatable bonds is 3. The standard InChI is InChI=1S/C16H19ClN2O/c1-9-6-7-10(2)14(8-9)16(20)13(5)19-12(4)15(17)11(3)18-19/h6-8,13H,1-5H3. The number of hydrogen-bond acceptors (Lipinski definition) is 2. The summed E-state index contributed by atoms with van der Waals surface area (Å²) >= 11 is 6.16. The highest BCUT2D eigenvalue weighted by atomic mass is 35.5. The predicted molar refractivity (Wildman–Crippen MR) is 81.7 cm³/mol. The molecule has 3 nitrogen and oxygen atoms in total. The van der Waals surface area contributed by atoms with Crippen LogP contribution in [0.1, 0.15) is 45.8 Å². The van der Waals surface area contributed by atoms with Crippen LogP contribution in [0.15, 0.2) is 18.2 Å². The number of aryl methyl sites for hydroxylation is 3. The fourth-order valence-electron chi connectivity index (χ4n) is 2.36. The number of carbonyl (C=O) groups is 1. The van der Waals surface area contributed by atoms with Gasteiger partial charge in [0.05, 0.1) is 16.4 Å². The molecule has 0 amide bonds. The van der Waals surface area contributed by atoms with Crippen molar-refractivity contribution in [2.45, 2.75) is 40.7 Å². The maximum atomic E-state index is 12.7. The Kier molecular flexibility index (Phi) is 4.00. The van der Waals surface area contributed by atoms with E-state index in [0.717, 1.165) is 28.1 Å². The van der Waals surface area contributed by atoms with Crippen molar-refractivity contribution in [2.75, 3.05) is 0 Å². The Balaban J connectivity index is 2.42. The van der Waals surface area contributed by atoms with Gasteiger partial charge >= 0.3 is 0 Å². The van der Waals surface area contributed by atoms with Gasteiger partial charge in [-0.25, -0.2) is 0 Å². The van der Waals surface area contributed by atoms with Crippen LogP contribution in [-0.2, 0) is 0 Å². The molecule has 0 N–H and O–H groups in total. The molecule has 0 bridgehead atoms. The van der Waals surface area contributed by atoms with E-state index in [4.69, 9.17) is 11.6 Å². The fraction of sp³-hybridized carbons (Fsp3) is 0.375. The monoisotopic (exact) mass is 290 g/mol. The van der Waals surface area contributed by atoms with Crippen molar-refractivity contribution in [1.29, 1.82) is 0 Å². The molecule has 1 heterocycles. The fourth-order valence-corrected chi connectivity index (χ4v) is 2.48. The number of benzene rings is 1. The summed E-state index contributed by atoms with van der Waals surface area (Å²) in [6, 6.07) is 5.56. The molecule has 0 saturated carbocycles. The minimum absolute atomic E-state index is 0.0634. The molecular weight excluding hydrogens is 272 g/mol. The summed E-state index contributed by atoms with van der Waals surface area (Å²) < 4.78 is 1.71. The molecule has 0 saturated heterocycles. The minimum atomic E-state index is -0.360. The summed E-state index contributed by atoms with van der Waals surface area (Å²) in [6.07, 6.45) is 0. The molecule has 20 heavy (non-hydrogen) atoms. The molecule has 0 fully saturated rings. The Morgan fingerprint density at radius 1 is 1.25 bits per heavy atom. The van der Waals surface area contributed by atoms with Crippen LogP contribution in [0.5, 0.6) is 0 Å². The molecule has 1 aromatic heterocycles. The zero-order valence-corrected chi connectivity index (χ0v) is 13.2. The van der Waals surface area contributed by atoms with Gasteiger partial charge in [0, 0.05) is 5.56 Å². The van der Waals surface area contributed by atoms with Crippen LogP contribution in [0, 0.1) is 27.7 Å². The molecule has 4 heteroatoms. The van der Waals surface area contributed by atoms with Crippen molar-refractivity contribution in [3.05, 3.63) is 51.3 Å². The van der Waals surface area contributed by atoms with E-state index in [9.17, 15) is 4.79 Å². The number of carbonyl (C=O) groups excluding carboxylic acids is 1. The van der Waals surface area contributed by atoms with Crippen molar-refractivity contribution in [3.63, 3.8) is 0 Å². The first-order valence-corrected chi connectivity index (χ1v) is 7.03. The van der Waals surface area contributed by atoms with Gasteiger partial charge in [-0.15, -0.1) is 0 Å². The third-order valence-electron chi connectivity index (χ3n) is 3.64. The van der Waals surface area contributed by atoms with Crippen molar-refractivity contribution in [3.8, 4) is 0 Å². The number of Topliss-reactive ketones (excluding diaryl/α,β-unsaturated/α-hetero) is 1. The van der Waals surface area contributed by atoms with Gasteiger partial charge in [0.2, 0.25) is 0 Å². The van der Waals surface area contributed by atoms with E-state index in [1.165, 1.54) is 0 Å². The second-order valence-corrected chi connectivity index (χ2v) is 5.67. The van der Waals surface area contributed by atoms with Gasteiger partial charge in [-0.2, -0.15) is 5.10 Å². The average Bonchev–Trinajstić information content (AvgIpc) is 2.67. The first kappa shape index (κ1) is 14.8. The molecule has 0 spiro atoms. The van der Waals surface area contributed by atoms with Crippen LogP contribution < -0.4 is 0 Å². The van der Waals surface area contributed by atoms with E-state index in [-0.39, 0.29) is 11.8 Å². The van der Waals surface area contributed by atoms with Crippen LogP contribution in [-0.4, -0.2) is 15.6 Å². The molecule has 2 aromatic rings. The van der Waals surface area contributed by atoms with Gasteiger partial charge in [-0.05, 0) is 46.2 Å². The average molecular weight is 291 g/mol. The van der Waals surface area contributed by atoms with Gasteiger partial charge < -0.3 is 0 Å². The van der Waals surface area contributed by atoms with Crippen molar-refractivity contribution < 1.29 is 4.79 Å². The summed E-state index contributed by atoms with van der Waals surface area (Å²) in [4.78, 5) is 12.7. The largest absolute Gasteiger partial charge is 0.292 e. The summed E-state index contributed by atoms with van der Waals surface area (Å²) in [6.45, 7) is 9.53. The molecule has 2 rings (SSSR count). The van der Waals surface area contributed by atoms with Crippen molar-refractivity contribution >= 4 is 17.4 Å². The second-order valence-electron chi connectivity index (χ2n) is 5.29. The first-order chi connectivity index (χ1) is 9.32. The third kappa shape index (κ3) is 2.50. The first-order valence-electron chi connectivity index (χ1n) is 6.65. The Bertz CT molecular complexity index is 673. The van der Waals surface area contributed by atoms with Gasteiger partial charge in [0.25, 0.3) is 0 Å². The highest BCUT2D eigenvalue weighted by Gasteiger charge is 2.22. The van der Waals surface area contributed by atoms with Crippen LogP contribution >= 0.6 is 11.6 Å². The lowest BCUT2D eigenvalue weighted by atomic mass is 9.98. The molecule has 1 atom stereocenters. The molecule has 1 unspecified atom stereocenters. The van der Waals surface area contributed by atoms with E-state index in [2.05, 4.69) is 5.10 Å². The molecule has 0 aliphatic heterocycles. The number of ketones is 1. The molecule has 0 aliphatic carbocycles. The summed E-state index contributed by atoms with van der Waals surface area (Å²) in [5.74, 6) is 0.0634. The summed E-state index contributed by atoms with van der Waals surface area (Å²) in [5.41, 5.74) is 4.40. The maximum Gasteiger partial charge on any atom is 0.187 e. The van der Waals surface area contributed by atoms with Crippen LogP contribution in [0.4, 0.5) is 0 Å². The van der Waals surface area contributed by atoms with E-state index < -0.39 is 0 Å². The van der Waals surface area contributed by atoms with Crippen LogP contribution in [0.3, 0.4) is 0 Å². The Morgan fingerprint density at radius 2 is 1.90 bits per heavy atom. The Labute approximate surface area is 124 Å². The lowest BCUT2D eigenvalue weighted by molar-refractivity contribution is 0.0926. The topological polar surface area (TPSA) is 34.9 Å².